The Balaban J connectivity index is 1.74. The second-order valence-electron chi connectivity index (χ2n) is 8.02. The minimum absolute atomic E-state index is 0.124. The number of aryl methyl sites for hydroxylation is 1. The normalized spacial score (nSPS) is 15.4. The Hall–Kier alpha value is -4.25. The number of carboxylic acid groups (broad SMARTS) is 1. The van der Waals surface area contributed by atoms with Gasteiger partial charge < -0.3 is 9.67 Å². The van der Waals surface area contributed by atoms with Crippen molar-refractivity contribution in [2.75, 3.05) is 4.90 Å². The highest BCUT2D eigenvalue weighted by molar-refractivity contribution is 7.80. The fourth-order valence-corrected chi connectivity index (χ4v) is 4.23. The Labute approximate surface area is 208 Å². The lowest BCUT2D eigenvalue weighted by Gasteiger charge is -2.29. The third-order valence-electron chi connectivity index (χ3n) is 5.68. The van der Waals surface area contributed by atoms with E-state index in [9.17, 15) is 27.6 Å². The monoisotopic (exact) mass is 513 g/mol. The van der Waals surface area contributed by atoms with Gasteiger partial charge in [-0.2, -0.15) is 13.2 Å². The minimum atomic E-state index is -4.63. The second kappa shape index (κ2) is 9.08. The summed E-state index contributed by atoms with van der Waals surface area (Å²) in [7, 11) is 0. The van der Waals surface area contributed by atoms with Crippen molar-refractivity contribution in [2.45, 2.75) is 20.0 Å². The molecule has 1 aliphatic heterocycles. The summed E-state index contributed by atoms with van der Waals surface area (Å²) in [5.41, 5.74) is 1.32. The van der Waals surface area contributed by atoms with E-state index in [1.807, 2.05) is 4.57 Å². The van der Waals surface area contributed by atoms with Gasteiger partial charge in [-0.25, -0.2) is 4.79 Å². The number of carbonyl (C=O) groups is 3. The molecule has 0 atom stereocenters. The van der Waals surface area contributed by atoms with Crippen molar-refractivity contribution < 1.29 is 32.7 Å². The standard InChI is InChI=1S/C25H18F3N3O4S/c1-13-10-16(14(2)30(13)18-8-6-15(7-9-18)23(34)35)11-20-21(32)29-24(36)31(22(20)33)19-5-3-4-17(12-19)25(26,27)28/h3-12H,1-2H3,(H,34,35)(H,29,32,36)/b20-11+. The number of aromatic nitrogens is 1. The molecule has 36 heavy (non-hydrogen) atoms. The summed E-state index contributed by atoms with van der Waals surface area (Å²) in [6.45, 7) is 3.55. The van der Waals surface area contributed by atoms with Crippen molar-refractivity contribution in [1.82, 2.24) is 9.88 Å². The molecule has 4 rings (SSSR count). The predicted octanol–water partition coefficient (Wildman–Crippen LogP) is 4.64. The summed E-state index contributed by atoms with van der Waals surface area (Å²) in [5.74, 6) is -2.69. The summed E-state index contributed by atoms with van der Waals surface area (Å²) < 4.78 is 41.4. The summed E-state index contributed by atoms with van der Waals surface area (Å²) >= 11 is 5.08. The van der Waals surface area contributed by atoms with Crippen molar-refractivity contribution >= 4 is 46.9 Å². The van der Waals surface area contributed by atoms with Crippen LogP contribution in [0.4, 0.5) is 18.9 Å². The van der Waals surface area contributed by atoms with E-state index < -0.39 is 29.5 Å². The quantitative estimate of drug-likeness (QED) is 0.301. The summed E-state index contributed by atoms with van der Waals surface area (Å²) in [5, 5.41) is 11.1. The van der Waals surface area contributed by atoms with Gasteiger partial charge in [0.05, 0.1) is 16.8 Å². The van der Waals surface area contributed by atoms with Gasteiger partial charge in [0.25, 0.3) is 11.8 Å². The molecule has 0 saturated carbocycles. The molecule has 0 unspecified atom stereocenters. The molecular formula is C25H18F3N3O4S. The van der Waals surface area contributed by atoms with Gasteiger partial charge in [0.15, 0.2) is 5.11 Å². The Kier molecular flexibility index (Phi) is 6.27. The van der Waals surface area contributed by atoms with Crippen molar-refractivity contribution in [3.63, 3.8) is 0 Å². The number of carbonyl (C=O) groups excluding carboxylic acids is 2. The minimum Gasteiger partial charge on any atom is -0.478 e. The number of anilines is 1. The molecule has 2 N–H and O–H groups in total. The number of hydrogen-bond donors (Lipinski definition) is 2. The van der Waals surface area contributed by atoms with Gasteiger partial charge in [-0.15, -0.1) is 0 Å². The molecule has 1 aromatic heterocycles. The average Bonchev–Trinajstić information content (AvgIpc) is 3.09. The van der Waals surface area contributed by atoms with Crippen molar-refractivity contribution in [3.8, 4) is 5.69 Å². The SMILES string of the molecule is Cc1cc(/C=C2\C(=O)NC(=S)N(c3cccc(C(F)(F)F)c3)C2=O)c(C)n1-c1ccc(C(=O)O)cc1. The van der Waals surface area contributed by atoms with Crippen LogP contribution in [0.2, 0.25) is 0 Å². The Morgan fingerprint density at radius 1 is 1.03 bits per heavy atom. The third-order valence-corrected chi connectivity index (χ3v) is 5.96. The summed E-state index contributed by atoms with van der Waals surface area (Å²) in [6, 6.07) is 12.0. The van der Waals surface area contributed by atoms with Gasteiger partial charge in [0, 0.05) is 17.1 Å². The zero-order valence-electron chi connectivity index (χ0n) is 18.9. The highest BCUT2D eigenvalue weighted by Gasteiger charge is 2.37. The number of halogens is 3. The van der Waals surface area contributed by atoms with Gasteiger partial charge in [0.1, 0.15) is 5.57 Å². The molecule has 11 heteroatoms. The van der Waals surface area contributed by atoms with E-state index in [2.05, 4.69) is 5.32 Å². The van der Waals surface area contributed by atoms with Crippen molar-refractivity contribution in [2.24, 2.45) is 0 Å². The maximum atomic E-state index is 13.3. The van der Waals surface area contributed by atoms with Gasteiger partial charge in [-0.3, -0.25) is 19.8 Å². The van der Waals surface area contributed by atoms with Crippen LogP contribution in [0.15, 0.2) is 60.2 Å². The lowest BCUT2D eigenvalue weighted by atomic mass is 10.1. The van der Waals surface area contributed by atoms with Gasteiger partial charge in [0.2, 0.25) is 0 Å². The Morgan fingerprint density at radius 2 is 1.69 bits per heavy atom. The largest absolute Gasteiger partial charge is 0.478 e. The molecule has 2 amide bonds. The topological polar surface area (TPSA) is 91.6 Å². The smallest absolute Gasteiger partial charge is 0.416 e. The van der Waals surface area contributed by atoms with Crippen LogP contribution in [0.25, 0.3) is 11.8 Å². The lowest BCUT2D eigenvalue weighted by Crippen LogP contribution is -2.54. The molecule has 0 spiro atoms. The fourth-order valence-electron chi connectivity index (χ4n) is 3.95. The molecule has 3 aromatic rings. The second-order valence-corrected chi connectivity index (χ2v) is 8.41. The number of benzene rings is 2. The highest BCUT2D eigenvalue weighted by atomic mass is 32.1. The first-order chi connectivity index (χ1) is 16.9. The zero-order valence-corrected chi connectivity index (χ0v) is 19.7. The first-order valence-electron chi connectivity index (χ1n) is 10.5. The molecule has 0 radical (unpaired) electrons. The molecule has 0 bridgehead atoms. The number of carboxylic acids is 1. The van der Waals surface area contributed by atoms with Crippen molar-refractivity contribution in [3.05, 3.63) is 88.2 Å². The maximum Gasteiger partial charge on any atom is 0.416 e. The van der Waals surface area contributed by atoms with E-state index in [0.29, 0.717) is 16.9 Å². The van der Waals surface area contributed by atoms with Crippen molar-refractivity contribution in [1.29, 1.82) is 0 Å². The molecular weight excluding hydrogens is 495 g/mol. The number of hydrogen-bond acceptors (Lipinski definition) is 4. The maximum absolute atomic E-state index is 13.3. The van der Waals surface area contributed by atoms with Crippen LogP contribution in [-0.4, -0.2) is 32.6 Å². The van der Waals surface area contributed by atoms with E-state index >= 15 is 0 Å². The number of nitrogens with one attached hydrogen (secondary N) is 1. The lowest BCUT2D eigenvalue weighted by molar-refractivity contribution is -0.137. The Morgan fingerprint density at radius 3 is 2.31 bits per heavy atom. The van der Waals surface area contributed by atoms with E-state index in [1.54, 1.807) is 32.0 Å². The predicted molar refractivity (Wildman–Crippen MR) is 130 cm³/mol. The molecule has 1 aliphatic rings. The molecule has 184 valence electrons. The number of rotatable bonds is 4. The number of amides is 2. The van der Waals surface area contributed by atoms with Crippen LogP contribution in [0.3, 0.4) is 0 Å². The van der Waals surface area contributed by atoms with Crippen LogP contribution in [-0.2, 0) is 15.8 Å². The molecule has 2 aromatic carbocycles. The number of alkyl halides is 3. The third kappa shape index (κ3) is 4.52. The number of nitrogens with zero attached hydrogens (tertiary/aromatic N) is 2. The van der Waals surface area contributed by atoms with Gasteiger partial charge in [-0.05, 0) is 86.2 Å². The first-order valence-corrected chi connectivity index (χ1v) is 10.9. The molecule has 2 heterocycles. The average molecular weight is 513 g/mol. The van der Waals surface area contributed by atoms with Crippen LogP contribution in [0.5, 0.6) is 0 Å². The summed E-state index contributed by atoms with van der Waals surface area (Å²) in [6.07, 6.45) is -3.27. The van der Waals surface area contributed by atoms with Crippen LogP contribution in [0.1, 0.15) is 32.9 Å². The van der Waals surface area contributed by atoms with Gasteiger partial charge in [-0.1, -0.05) is 6.07 Å². The van der Waals surface area contributed by atoms with Crippen LogP contribution >= 0.6 is 12.2 Å². The van der Waals surface area contributed by atoms with Crippen LogP contribution < -0.4 is 10.2 Å². The number of thiocarbonyl (C=S) groups is 1. The summed E-state index contributed by atoms with van der Waals surface area (Å²) in [4.78, 5) is 37.9. The molecule has 0 aliphatic carbocycles. The van der Waals surface area contributed by atoms with E-state index in [1.165, 1.54) is 24.3 Å². The van der Waals surface area contributed by atoms with E-state index in [4.69, 9.17) is 17.3 Å². The number of aromatic carboxylic acids is 1. The zero-order chi connectivity index (χ0) is 26.4. The highest BCUT2D eigenvalue weighted by Crippen LogP contribution is 2.33. The molecule has 1 saturated heterocycles. The first kappa shape index (κ1) is 24.9. The van der Waals surface area contributed by atoms with E-state index in [0.717, 1.165) is 28.8 Å². The molecule has 7 nitrogen and oxygen atoms in total. The van der Waals surface area contributed by atoms with Gasteiger partial charge >= 0.3 is 12.1 Å². The van der Waals surface area contributed by atoms with E-state index in [-0.39, 0.29) is 21.9 Å². The van der Waals surface area contributed by atoms with Crippen LogP contribution in [0, 0.1) is 13.8 Å². The Bertz CT molecular complexity index is 1460. The molecule has 1 fully saturated rings. The fraction of sp³-hybridized carbons (Fsp3) is 0.120.